The summed E-state index contributed by atoms with van der Waals surface area (Å²) < 4.78 is 0. The molecular formula is C16H25NO2. The summed E-state index contributed by atoms with van der Waals surface area (Å²) in [5.74, 6) is 1.48. The third-order valence-corrected chi connectivity index (χ3v) is 6.53. The molecule has 4 fully saturated rings. The number of aliphatic hydroxyl groups is 1. The van der Waals surface area contributed by atoms with Crippen LogP contribution in [-0.2, 0) is 4.79 Å². The molecule has 2 heterocycles. The molecule has 5 atom stereocenters. The van der Waals surface area contributed by atoms with Crippen LogP contribution < -0.4 is 0 Å². The van der Waals surface area contributed by atoms with Crippen LogP contribution in [0.15, 0.2) is 0 Å². The fourth-order valence-corrected chi connectivity index (χ4v) is 6.27. The molecule has 0 radical (unpaired) electrons. The van der Waals surface area contributed by atoms with E-state index in [-0.39, 0.29) is 11.5 Å². The van der Waals surface area contributed by atoms with Crippen molar-refractivity contribution in [1.82, 2.24) is 4.90 Å². The molecule has 2 saturated heterocycles. The summed E-state index contributed by atoms with van der Waals surface area (Å²) >= 11 is 0. The summed E-state index contributed by atoms with van der Waals surface area (Å²) in [5.41, 5.74) is -0.667. The zero-order valence-electron chi connectivity index (χ0n) is 11.9. The average molecular weight is 263 g/mol. The number of carbonyl (C=O) groups is 1. The SMILES string of the molecule is C[C@@H]1C[C@]2(O)CC(=O)[C@H]3CCCN4CCC[C@H]2[C@]34C1. The monoisotopic (exact) mass is 263 g/mol. The van der Waals surface area contributed by atoms with Crippen molar-refractivity contribution in [2.45, 2.75) is 63.0 Å². The van der Waals surface area contributed by atoms with Crippen molar-refractivity contribution in [3.63, 3.8) is 0 Å². The van der Waals surface area contributed by atoms with Crippen LogP contribution in [0.1, 0.15) is 51.9 Å². The van der Waals surface area contributed by atoms with Gasteiger partial charge in [-0.25, -0.2) is 0 Å². The van der Waals surface area contributed by atoms with Gasteiger partial charge in [-0.2, -0.15) is 0 Å². The zero-order valence-corrected chi connectivity index (χ0v) is 11.9. The van der Waals surface area contributed by atoms with Crippen molar-refractivity contribution < 1.29 is 9.90 Å². The maximum absolute atomic E-state index is 12.6. The number of rotatable bonds is 0. The quantitative estimate of drug-likeness (QED) is 0.726. The van der Waals surface area contributed by atoms with E-state index in [0.29, 0.717) is 24.0 Å². The Hall–Kier alpha value is -0.410. The van der Waals surface area contributed by atoms with Gasteiger partial charge in [0.05, 0.1) is 5.60 Å². The molecule has 1 spiro atoms. The number of nitrogens with zero attached hydrogens (tertiary/aromatic N) is 1. The normalized spacial score (nSPS) is 53.8. The molecule has 0 aromatic carbocycles. The van der Waals surface area contributed by atoms with Gasteiger partial charge in [0.25, 0.3) is 0 Å². The van der Waals surface area contributed by atoms with E-state index in [2.05, 4.69) is 11.8 Å². The Morgan fingerprint density at radius 2 is 1.95 bits per heavy atom. The maximum atomic E-state index is 12.6. The fraction of sp³-hybridized carbons (Fsp3) is 0.938. The predicted octanol–water partition coefficient (Wildman–Crippen LogP) is 1.98. The molecule has 2 aliphatic heterocycles. The topological polar surface area (TPSA) is 40.5 Å². The molecule has 1 N–H and O–H groups in total. The average Bonchev–Trinajstić information content (AvgIpc) is 2.33. The Kier molecular flexibility index (Phi) is 2.48. The molecule has 4 rings (SSSR count). The van der Waals surface area contributed by atoms with Crippen LogP contribution in [0.3, 0.4) is 0 Å². The minimum atomic E-state index is -0.693. The van der Waals surface area contributed by atoms with Gasteiger partial charge >= 0.3 is 0 Å². The van der Waals surface area contributed by atoms with Gasteiger partial charge in [0.15, 0.2) is 0 Å². The van der Waals surface area contributed by atoms with Crippen LogP contribution in [0.2, 0.25) is 0 Å². The molecule has 2 aliphatic carbocycles. The molecule has 0 aromatic rings. The molecule has 106 valence electrons. The van der Waals surface area contributed by atoms with E-state index in [0.717, 1.165) is 45.2 Å². The van der Waals surface area contributed by atoms with Gasteiger partial charge in [-0.15, -0.1) is 0 Å². The third kappa shape index (κ3) is 1.43. The molecule has 0 aromatic heterocycles. The molecule has 0 amide bonds. The predicted molar refractivity (Wildman–Crippen MR) is 72.7 cm³/mol. The number of Topliss-reactive ketones (excluding diaryl/α,β-unsaturated/α-hetero) is 1. The van der Waals surface area contributed by atoms with E-state index in [9.17, 15) is 9.90 Å². The second-order valence-electron chi connectivity index (χ2n) is 7.63. The van der Waals surface area contributed by atoms with Crippen molar-refractivity contribution in [3.05, 3.63) is 0 Å². The van der Waals surface area contributed by atoms with Gasteiger partial charge in [0, 0.05) is 23.8 Å². The van der Waals surface area contributed by atoms with E-state index in [1.807, 2.05) is 0 Å². The van der Waals surface area contributed by atoms with Gasteiger partial charge in [-0.3, -0.25) is 9.69 Å². The first-order valence-electron chi connectivity index (χ1n) is 8.06. The van der Waals surface area contributed by atoms with Gasteiger partial charge < -0.3 is 5.11 Å². The van der Waals surface area contributed by atoms with Crippen molar-refractivity contribution >= 4 is 5.78 Å². The lowest BCUT2D eigenvalue weighted by atomic mass is 9.47. The summed E-state index contributed by atoms with van der Waals surface area (Å²) in [6.07, 6.45) is 6.96. The van der Waals surface area contributed by atoms with Gasteiger partial charge in [-0.1, -0.05) is 6.92 Å². The number of piperidine rings is 2. The lowest BCUT2D eigenvalue weighted by Gasteiger charge is -2.68. The molecule has 3 nitrogen and oxygen atoms in total. The molecular weight excluding hydrogens is 238 g/mol. The highest BCUT2D eigenvalue weighted by molar-refractivity contribution is 5.85. The van der Waals surface area contributed by atoms with E-state index in [1.54, 1.807) is 0 Å². The Morgan fingerprint density at radius 1 is 1.21 bits per heavy atom. The van der Waals surface area contributed by atoms with Gasteiger partial charge in [0.1, 0.15) is 5.78 Å². The molecule has 2 bridgehead atoms. The van der Waals surface area contributed by atoms with Crippen LogP contribution >= 0.6 is 0 Å². The van der Waals surface area contributed by atoms with Crippen LogP contribution in [-0.4, -0.2) is 40.0 Å². The Bertz CT molecular complexity index is 421. The highest BCUT2D eigenvalue weighted by atomic mass is 16.3. The number of carbonyl (C=O) groups excluding carboxylic acids is 1. The molecule has 19 heavy (non-hydrogen) atoms. The Balaban J connectivity index is 1.87. The van der Waals surface area contributed by atoms with Crippen molar-refractivity contribution in [2.75, 3.05) is 13.1 Å². The summed E-state index contributed by atoms with van der Waals surface area (Å²) in [6, 6.07) is 0. The highest BCUT2D eigenvalue weighted by Gasteiger charge is 2.67. The zero-order chi connectivity index (χ0) is 13.3. The van der Waals surface area contributed by atoms with Gasteiger partial charge in [0.2, 0.25) is 0 Å². The van der Waals surface area contributed by atoms with Gasteiger partial charge in [-0.05, 0) is 57.5 Å². The van der Waals surface area contributed by atoms with Crippen molar-refractivity contribution in [2.24, 2.45) is 17.8 Å². The molecule has 4 aliphatic rings. The molecule has 2 saturated carbocycles. The Labute approximate surface area is 115 Å². The maximum Gasteiger partial charge on any atom is 0.140 e. The summed E-state index contributed by atoms with van der Waals surface area (Å²) in [6.45, 7) is 4.55. The Morgan fingerprint density at radius 3 is 2.74 bits per heavy atom. The molecule has 3 heteroatoms. The van der Waals surface area contributed by atoms with E-state index < -0.39 is 5.60 Å². The van der Waals surface area contributed by atoms with Crippen LogP contribution in [0.4, 0.5) is 0 Å². The van der Waals surface area contributed by atoms with Crippen LogP contribution in [0.25, 0.3) is 0 Å². The van der Waals surface area contributed by atoms with E-state index >= 15 is 0 Å². The second kappa shape index (κ2) is 3.82. The summed E-state index contributed by atoms with van der Waals surface area (Å²) in [4.78, 5) is 15.2. The minimum Gasteiger partial charge on any atom is -0.389 e. The first-order valence-corrected chi connectivity index (χ1v) is 8.06. The van der Waals surface area contributed by atoms with E-state index in [1.165, 1.54) is 6.42 Å². The third-order valence-electron chi connectivity index (χ3n) is 6.53. The first-order chi connectivity index (χ1) is 9.06. The summed E-state index contributed by atoms with van der Waals surface area (Å²) in [5, 5.41) is 11.1. The minimum absolute atomic E-state index is 0.0260. The van der Waals surface area contributed by atoms with Crippen molar-refractivity contribution in [3.8, 4) is 0 Å². The number of hydrogen-bond acceptors (Lipinski definition) is 3. The standard InChI is InChI=1S/C16H25NO2/c1-11-8-15(19)10-13(18)12-4-2-6-17-7-3-5-14(15)16(12,17)9-11/h11-12,14,19H,2-10H2,1H3/t11-,12-,14-,15+,16+/m1/s1. The first kappa shape index (κ1) is 12.3. The second-order valence-corrected chi connectivity index (χ2v) is 7.63. The highest BCUT2D eigenvalue weighted by Crippen LogP contribution is 2.60. The smallest absolute Gasteiger partial charge is 0.140 e. The summed E-state index contributed by atoms with van der Waals surface area (Å²) in [7, 11) is 0. The van der Waals surface area contributed by atoms with Crippen LogP contribution in [0.5, 0.6) is 0 Å². The van der Waals surface area contributed by atoms with Crippen LogP contribution in [0, 0.1) is 17.8 Å². The fourth-order valence-electron chi connectivity index (χ4n) is 6.27. The lowest BCUT2D eigenvalue weighted by molar-refractivity contribution is -0.220. The lowest BCUT2D eigenvalue weighted by Crippen LogP contribution is -2.75. The van der Waals surface area contributed by atoms with E-state index in [4.69, 9.17) is 0 Å². The van der Waals surface area contributed by atoms with Crippen molar-refractivity contribution in [1.29, 1.82) is 0 Å². The largest absolute Gasteiger partial charge is 0.389 e. The number of hydrogen-bond donors (Lipinski definition) is 1. The number of ketones is 1. The molecule has 0 unspecified atom stereocenters.